The van der Waals surface area contributed by atoms with E-state index in [-0.39, 0.29) is 0 Å². The van der Waals surface area contributed by atoms with Crippen LogP contribution < -0.4 is 5.32 Å². The van der Waals surface area contributed by atoms with Crippen LogP contribution in [0.3, 0.4) is 0 Å². The van der Waals surface area contributed by atoms with Gasteiger partial charge in [-0.15, -0.1) is 11.3 Å². The molecule has 2 N–H and O–H groups in total. The molecule has 0 saturated heterocycles. The Labute approximate surface area is 105 Å². The Balaban J connectivity index is 1.79. The summed E-state index contributed by atoms with van der Waals surface area (Å²) in [5, 5.41) is 16.2. The van der Waals surface area contributed by atoms with Crippen LogP contribution in [0.2, 0.25) is 0 Å². The van der Waals surface area contributed by atoms with Gasteiger partial charge in [-0.05, 0) is 12.5 Å². The number of rotatable bonds is 5. The molecule has 0 radical (unpaired) electrons. The van der Waals surface area contributed by atoms with Crippen molar-refractivity contribution in [3.8, 4) is 0 Å². The van der Waals surface area contributed by atoms with Crippen LogP contribution in [-0.4, -0.2) is 16.6 Å². The van der Waals surface area contributed by atoms with Gasteiger partial charge in [0.1, 0.15) is 5.01 Å². The minimum atomic E-state index is -0.461. The summed E-state index contributed by atoms with van der Waals surface area (Å²) in [7, 11) is 0. The smallest absolute Gasteiger partial charge is 0.107 e. The van der Waals surface area contributed by atoms with Crippen molar-refractivity contribution in [3.05, 3.63) is 52.0 Å². The van der Waals surface area contributed by atoms with E-state index in [2.05, 4.69) is 10.3 Å². The number of nitrogens with zero attached hydrogens (tertiary/aromatic N) is 1. The molecular weight excluding hydrogens is 232 g/mol. The largest absolute Gasteiger partial charge is 0.387 e. The monoisotopic (exact) mass is 248 g/mol. The molecule has 90 valence electrons. The van der Waals surface area contributed by atoms with Crippen LogP contribution in [0.1, 0.15) is 22.4 Å². The number of aliphatic hydroxyl groups excluding tert-OH is 1. The molecule has 4 heteroatoms. The fraction of sp³-hybridized carbons (Fsp3) is 0.308. The molecule has 0 saturated carbocycles. The van der Waals surface area contributed by atoms with Gasteiger partial charge in [-0.2, -0.15) is 0 Å². The highest BCUT2D eigenvalue weighted by atomic mass is 32.1. The van der Waals surface area contributed by atoms with Crippen LogP contribution >= 0.6 is 11.3 Å². The molecule has 2 aromatic rings. The van der Waals surface area contributed by atoms with Crippen molar-refractivity contribution in [1.82, 2.24) is 10.3 Å². The lowest BCUT2D eigenvalue weighted by Crippen LogP contribution is -2.20. The molecule has 0 aliphatic rings. The highest BCUT2D eigenvalue weighted by Crippen LogP contribution is 2.12. The molecule has 1 unspecified atom stereocenters. The second-order valence-electron chi connectivity index (χ2n) is 3.94. The van der Waals surface area contributed by atoms with Crippen molar-refractivity contribution >= 4 is 11.3 Å². The Morgan fingerprint density at radius 3 is 2.76 bits per heavy atom. The third-order valence-corrected chi connectivity index (χ3v) is 3.43. The topological polar surface area (TPSA) is 45.1 Å². The Morgan fingerprint density at radius 1 is 1.35 bits per heavy atom. The van der Waals surface area contributed by atoms with Gasteiger partial charge in [-0.25, -0.2) is 4.98 Å². The third-order valence-electron chi connectivity index (χ3n) is 2.46. The summed E-state index contributed by atoms with van der Waals surface area (Å²) in [4.78, 5) is 4.35. The van der Waals surface area contributed by atoms with Crippen LogP contribution in [0.25, 0.3) is 0 Å². The van der Waals surface area contributed by atoms with Crippen molar-refractivity contribution in [2.75, 3.05) is 6.54 Å². The Hall–Kier alpha value is -1.23. The molecule has 1 aromatic heterocycles. The molecular formula is C13H16N2OS. The lowest BCUT2D eigenvalue weighted by Gasteiger charge is -2.11. The van der Waals surface area contributed by atoms with Crippen LogP contribution in [0.15, 0.2) is 35.7 Å². The maximum Gasteiger partial charge on any atom is 0.107 e. The predicted molar refractivity (Wildman–Crippen MR) is 70.0 cm³/mol. The van der Waals surface area contributed by atoms with E-state index in [1.165, 1.54) is 0 Å². The molecule has 0 aliphatic carbocycles. The quantitative estimate of drug-likeness (QED) is 0.853. The number of hydrogen-bond donors (Lipinski definition) is 2. The number of hydrogen-bond acceptors (Lipinski definition) is 4. The zero-order chi connectivity index (χ0) is 12.1. The highest BCUT2D eigenvalue weighted by Gasteiger charge is 2.06. The zero-order valence-electron chi connectivity index (χ0n) is 9.76. The van der Waals surface area contributed by atoms with Crippen molar-refractivity contribution in [1.29, 1.82) is 0 Å². The molecule has 0 fully saturated rings. The molecule has 1 heterocycles. The minimum absolute atomic E-state index is 0.461. The molecule has 0 spiro atoms. The van der Waals surface area contributed by atoms with E-state index < -0.39 is 6.10 Å². The first-order valence-electron chi connectivity index (χ1n) is 5.60. The number of benzene rings is 1. The molecule has 3 nitrogen and oxygen atoms in total. The second-order valence-corrected chi connectivity index (χ2v) is 4.88. The van der Waals surface area contributed by atoms with Crippen molar-refractivity contribution < 1.29 is 5.11 Å². The minimum Gasteiger partial charge on any atom is -0.387 e. The summed E-state index contributed by atoms with van der Waals surface area (Å²) in [6.45, 7) is 3.24. The zero-order valence-corrected chi connectivity index (χ0v) is 10.6. The van der Waals surface area contributed by atoms with Crippen LogP contribution in [0, 0.1) is 6.92 Å². The Morgan fingerprint density at radius 2 is 2.12 bits per heavy atom. The molecule has 17 heavy (non-hydrogen) atoms. The lowest BCUT2D eigenvalue weighted by atomic mass is 10.1. The van der Waals surface area contributed by atoms with Gasteiger partial charge in [-0.3, -0.25) is 0 Å². The van der Waals surface area contributed by atoms with Crippen LogP contribution in [0.4, 0.5) is 0 Å². The molecule has 2 rings (SSSR count). The van der Waals surface area contributed by atoms with E-state index in [1.54, 1.807) is 11.3 Å². The van der Waals surface area contributed by atoms with Gasteiger partial charge in [0.15, 0.2) is 0 Å². The number of aliphatic hydroxyl groups is 1. The van der Waals surface area contributed by atoms with Gasteiger partial charge in [0, 0.05) is 24.2 Å². The summed E-state index contributed by atoms with van der Waals surface area (Å²) in [5.41, 5.74) is 1.99. The first kappa shape index (κ1) is 12.2. The number of thiazole rings is 1. The summed E-state index contributed by atoms with van der Waals surface area (Å²) in [6, 6.07) is 9.67. The average Bonchev–Trinajstić information content (AvgIpc) is 2.76. The lowest BCUT2D eigenvalue weighted by molar-refractivity contribution is 0.174. The van der Waals surface area contributed by atoms with E-state index >= 15 is 0 Å². The fourth-order valence-corrected chi connectivity index (χ4v) is 2.33. The SMILES string of the molecule is Cc1csc(CNCC(O)c2ccccc2)n1. The van der Waals surface area contributed by atoms with Crippen molar-refractivity contribution in [2.24, 2.45) is 0 Å². The maximum absolute atomic E-state index is 9.92. The fourth-order valence-electron chi connectivity index (χ4n) is 1.59. The first-order chi connectivity index (χ1) is 8.25. The number of aromatic nitrogens is 1. The summed E-state index contributed by atoms with van der Waals surface area (Å²) < 4.78 is 0. The highest BCUT2D eigenvalue weighted by molar-refractivity contribution is 7.09. The van der Waals surface area contributed by atoms with E-state index in [9.17, 15) is 5.11 Å². The first-order valence-corrected chi connectivity index (χ1v) is 6.48. The average molecular weight is 248 g/mol. The van der Waals surface area contributed by atoms with Crippen molar-refractivity contribution in [3.63, 3.8) is 0 Å². The molecule has 1 atom stereocenters. The number of aryl methyl sites for hydroxylation is 1. The Kier molecular flexibility index (Phi) is 4.25. The van der Waals surface area contributed by atoms with Gasteiger partial charge in [0.05, 0.1) is 6.10 Å². The Bertz CT molecular complexity index is 455. The van der Waals surface area contributed by atoms with Crippen LogP contribution in [0.5, 0.6) is 0 Å². The summed E-state index contributed by atoms with van der Waals surface area (Å²) >= 11 is 1.64. The second kappa shape index (κ2) is 5.91. The van der Waals surface area contributed by atoms with Gasteiger partial charge in [-0.1, -0.05) is 30.3 Å². The standard InChI is InChI=1S/C13H16N2OS/c1-10-9-17-13(15-10)8-14-7-12(16)11-5-3-2-4-6-11/h2-6,9,12,14,16H,7-8H2,1H3. The molecule has 0 aliphatic heterocycles. The molecule has 0 amide bonds. The number of nitrogens with one attached hydrogen (secondary N) is 1. The van der Waals surface area contributed by atoms with E-state index in [0.29, 0.717) is 13.1 Å². The summed E-state index contributed by atoms with van der Waals surface area (Å²) in [6.07, 6.45) is -0.461. The molecule has 1 aromatic carbocycles. The van der Waals surface area contributed by atoms with Gasteiger partial charge >= 0.3 is 0 Å². The van der Waals surface area contributed by atoms with Gasteiger partial charge in [0.2, 0.25) is 0 Å². The van der Waals surface area contributed by atoms with Gasteiger partial charge in [0.25, 0.3) is 0 Å². The third kappa shape index (κ3) is 3.63. The normalized spacial score (nSPS) is 12.6. The van der Waals surface area contributed by atoms with E-state index in [0.717, 1.165) is 16.3 Å². The van der Waals surface area contributed by atoms with E-state index in [4.69, 9.17) is 0 Å². The van der Waals surface area contributed by atoms with Gasteiger partial charge < -0.3 is 10.4 Å². The maximum atomic E-state index is 9.92. The molecule has 0 bridgehead atoms. The van der Waals surface area contributed by atoms with E-state index in [1.807, 2.05) is 42.6 Å². The van der Waals surface area contributed by atoms with Crippen LogP contribution in [-0.2, 0) is 6.54 Å². The predicted octanol–water partition coefficient (Wildman–Crippen LogP) is 2.27. The van der Waals surface area contributed by atoms with Crippen molar-refractivity contribution in [2.45, 2.75) is 19.6 Å². The summed E-state index contributed by atoms with van der Waals surface area (Å²) in [5.74, 6) is 0.